The Morgan fingerprint density at radius 1 is 1.24 bits per heavy atom. The molecule has 0 aliphatic rings. The summed E-state index contributed by atoms with van der Waals surface area (Å²) in [5.74, 6) is 0.570. The first-order valence-electron chi connectivity index (χ1n) is 5.60. The van der Waals surface area contributed by atoms with Gasteiger partial charge in [0.15, 0.2) is 0 Å². The average Bonchev–Trinajstić information content (AvgIpc) is 2.29. The normalized spacial score (nSPS) is 12.2. The van der Waals surface area contributed by atoms with Gasteiger partial charge in [-0.1, -0.05) is 18.2 Å². The van der Waals surface area contributed by atoms with Crippen LogP contribution in [0.4, 0.5) is 10.2 Å². The second-order valence-electron chi connectivity index (χ2n) is 4.11. The standard InChI is InChI=1S/C14H15FN2/c1-10-7-8-16-14(9-10)17-11(2)12-5-3-4-6-13(12)15/h3-9,11H,1-2H3,(H,16,17). The molecule has 0 aliphatic heterocycles. The predicted octanol–water partition coefficient (Wildman–Crippen LogP) is 3.70. The summed E-state index contributed by atoms with van der Waals surface area (Å²) in [6.45, 7) is 3.92. The van der Waals surface area contributed by atoms with Crippen molar-refractivity contribution in [1.29, 1.82) is 0 Å². The fourth-order valence-electron chi connectivity index (χ4n) is 1.74. The lowest BCUT2D eigenvalue weighted by molar-refractivity contribution is 0.600. The first kappa shape index (κ1) is 11.6. The summed E-state index contributed by atoms with van der Waals surface area (Å²) in [4.78, 5) is 4.20. The second-order valence-corrected chi connectivity index (χ2v) is 4.11. The molecule has 0 radical (unpaired) electrons. The molecule has 0 spiro atoms. The van der Waals surface area contributed by atoms with Crippen LogP contribution in [-0.4, -0.2) is 4.98 Å². The summed E-state index contributed by atoms with van der Waals surface area (Å²) in [7, 11) is 0. The average molecular weight is 230 g/mol. The van der Waals surface area contributed by atoms with Gasteiger partial charge in [-0.3, -0.25) is 0 Å². The molecule has 1 N–H and O–H groups in total. The molecule has 1 unspecified atom stereocenters. The molecule has 88 valence electrons. The number of hydrogen-bond acceptors (Lipinski definition) is 2. The Bertz CT molecular complexity index is 511. The van der Waals surface area contributed by atoms with E-state index >= 15 is 0 Å². The Labute approximate surface area is 101 Å². The fraction of sp³-hybridized carbons (Fsp3) is 0.214. The third kappa shape index (κ3) is 2.81. The smallest absolute Gasteiger partial charge is 0.128 e. The van der Waals surface area contributed by atoms with Crippen molar-refractivity contribution in [2.45, 2.75) is 19.9 Å². The Hall–Kier alpha value is -1.90. The van der Waals surface area contributed by atoms with E-state index < -0.39 is 0 Å². The third-order valence-electron chi connectivity index (χ3n) is 2.65. The largest absolute Gasteiger partial charge is 0.363 e. The molecular weight excluding hydrogens is 215 g/mol. The van der Waals surface area contributed by atoms with Crippen molar-refractivity contribution < 1.29 is 4.39 Å². The lowest BCUT2D eigenvalue weighted by Crippen LogP contribution is -2.09. The van der Waals surface area contributed by atoms with E-state index in [0.29, 0.717) is 5.56 Å². The molecule has 0 fully saturated rings. The lowest BCUT2D eigenvalue weighted by atomic mass is 10.1. The predicted molar refractivity (Wildman–Crippen MR) is 67.4 cm³/mol. The van der Waals surface area contributed by atoms with E-state index in [0.717, 1.165) is 11.4 Å². The van der Waals surface area contributed by atoms with Crippen molar-refractivity contribution in [3.05, 3.63) is 59.5 Å². The zero-order chi connectivity index (χ0) is 12.3. The summed E-state index contributed by atoms with van der Waals surface area (Å²) in [6.07, 6.45) is 1.74. The van der Waals surface area contributed by atoms with Gasteiger partial charge in [0.05, 0.1) is 6.04 Å². The van der Waals surface area contributed by atoms with Gasteiger partial charge >= 0.3 is 0 Å². The summed E-state index contributed by atoms with van der Waals surface area (Å²) in [6, 6.07) is 10.5. The lowest BCUT2D eigenvalue weighted by Gasteiger charge is -2.15. The second kappa shape index (κ2) is 4.95. The number of aromatic nitrogens is 1. The maximum atomic E-state index is 13.6. The van der Waals surface area contributed by atoms with E-state index in [4.69, 9.17) is 0 Å². The van der Waals surface area contributed by atoms with Gasteiger partial charge in [-0.25, -0.2) is 9.37 Å². The molecular formula is C14H15FN2. The number of anilines is 1. The quantitative estimate of drug-likeness (QED) is 0.869. The van der Waals surface area contributed by atoms with Crippen LogP contribution in [0.1, 0.15) is 24.1 Å². The van der Waals surface area contributed by atoms with Crippen molar-refractivity contribution >= 4 is 5.82 Å². The van der Waals surface area contributed by atoms with Gasteiger partial charge in [0.1, 0.15) is 11.6 Å². The summed E-state index contributed by atoms with van der Waals surface area (Å²) in [5, 5.41) is 3.19. The molecule has 0 aliphatic carbocycles. The maximum Gasteiger partial charge on any atom is 0.128 e. The van der Waals surface area contributed by atoms with Gasteiger partial charge in [0, 0.05) is 11.8 Å². The van der Waals surface area contributed by atoms with Crippen molar-refractivity contribution in [1.82, 2.24) is 4.98 Å². The van der Waals surface area contributed by atoms with Crippen molar-refractivity contribution in [2.24, 2.45) is 0 Å². The van der Waals surface area contributed by atoms with Gasteiger partial charge in [-0.2, -0.15) is 0 Å². The fourth-order valence-corrected chi connectivity index (χ4v) is 1.74. The number of hydrogen-bond donors (Lipinski definition) is 1. The van der Waals surface area contributed by atoms with Crippen LogP contribution in [0.2, 0.25) is 0 Å². The minimum atomic E-state index is -0.194. The Morgan fingerprint density at radius 3 is 2.71 bits per heavy atom. The highest BCUT2D eigenvalue weighted by atomic mass is 19.1. The zero-order valence-corrected chi connectivity index (χ0v) is 9.94. The highest BCUT2D eigenvalue weighted by molar-refractivity contribution is 5.40. The van der Waals surface area contributed by atoms with Gasteiger partial charge in [0.2, 0.25) is 0 Å². The van der Waals surface area contributed by atoms with E-state index in [9.17, 15) is 4.39 Å². The SMILES string of the molecule is Cc1ccnc(NC(C)c2ccccc2F)c1. The van der Waals surface area contributed by atoms with Gasteiger partial charge < -0.3 is 5.32 Å². The zero-order valence-electron chi connectivity index (χ0n) is 9.94. The molecule has 3 heteroatoms. The third-order valence-corrected chi connectivity index (χ3v) is 2.65. The van der Waals surface area contributed by atoms with Crippen molar-refractivity contribution in [3.8, 4) is 0 Å². The van der Waals surface area contributed by atoms with Gasteiger partial charge in [0.25, 0.3) is 0 Å². The number of benzene rings is 1. The van der Waals surface area contributed by atoms with E-state index in [-0.39, 0.29) is 11.9 Å². The number of nitrogens with one attached hydrogen (secondary N) is 1. The van der Waals surface area contributed by atoms with Crippen LogP contribution in [0.5, 0.6) is 0 Å². The number of rotatable bonds is 3. The first-order valence-corrected chi connectivity index (χ1v) is 5.60. The van der Waals surface area contributed by atoms with Crippen LogP contribution in [0.3, 0.4) is 0 Å². The molecule has 0 saturated heterocycles. The van der Waals surface area contributed by atoms with E-state index in [1.165, 1.54) is 6.07 Å². The van der Waals surface area contributed by atoms with Crippen LogP contribution in [0.15, 0.2) is 42.6 Å². The molecule has 17 heavy (non-hydrogen) atoms. The number of nitrogens with zero attached hydrogens (tertiary/aromatic N) is 1. The summed E-state index contributed by atoms with van der Waals surface area (Å²) in [5.41, 5.74) is 1.78. The number of halogens is 1. The molecule has 2 nitrogen and oxygen atoms in total. The topological polar surface area (TPSA) is 24.9 Å². The highest BCUT2D eigenvalue weighted by Crippen LogP contribution is 2.20. The van der Waals surface area contributed by atoms with E-state index in [2.05, 4.69) is 10.3 Å². The minimum Gasteiger partial charge on any atom is -0.363 e. The number of pyridine rings is 1. The monoisotopic (exact) mass is 230 g/mol. The van der Waals surface area contributed by atoms with Crippen LogP contribution >= 0.6 is 0 Å². The summed E-state index contributed by atoms with van der Waals surface area (Å²) < 4.78 is 13.6. The Kier molecular flexibility index (Phi) is 3.38. The van der Waals surface area contributed by atoms with Gasteiger partial charge in [-0.05, 0) is 37.6 Å². The minimum absolute atomic E-state index is 0.106. The molecule has 1 aromatic heterocycles. The van der Waals surface area contributed by atoms with Crippen molar-refractivity contribution in [3.63, 3.8) is 0 Å². The Balaban J connectivity index is 2.17. The van der Waals surface area contributed by atoms with Crippen LogP contribution in [0.25, 0.3) is 0 Å². The number of aryl methyl sites for hydroxylation is 1. The molecule has 0 bridgehead atoms. The molecule has 2 aromatic rings. The summed E-state index contributed by atoms with van der Waals surface area (Å²) >= 11 is 0. The van der Waals surface area contributed by atoms with Crippen LogP contribution in [-0.2, 0) is 0 Å². The first-order chi connectivity index (χ1) is 8.16. The Morgan fingerprint density at radius 2 is 2.00 bits per heavy atom. The highest BCUT2D eigenvalue weighted by Gasteiger charge is 2.10. The van der Waals surface area contributed by atoms with E-state index in [1.807, 2.05) is 32.0 Å². The van der Waals surface area contributed by atoms with E-state index in [1.54, 1.807) is 18.3 Å². The molecule has 1 atom stereocenters. The molecule has 1 heterocycles. The molecule has 2 rings (SSSR count). The van der Waals surface area contributed by atoms with Crippen molar-refractivity contribution in [2.75, 3.05) is 5.32 Å². The van der Waals surface area contributed by atoms with Gasteiger partial charge in [-0.15, -0.1) is 0 Å². The maximum absolute atomic E-state index is 13.6. The molecule has 0 amide bonds. The van der Waals surface area contributed by atoms with Crippen LogP contribution < -0.4 is 5.32 Å². The molecule has 0 saturated carbocycles. The molecule has 1 aromatic carbocycles. The van der Waals surface area contributed by atoms with Crippen LogP contribution in [0, 0.1) is 12.7 Å².